The number of alkyl halides is 5. The first-order chi connectivity index (χ1) is 5.82. The SMILES string of the molecule is Nc1cn(C(F)F)nc1C(F)(F)F. The van der Waals surface area contributed by atoms with Crippen molar-refractivity contribution in [2.75, 3.05) is 5.73 Å². The molecular formula is C5H4F5N3. The summed E-state index contributed by atoms with van der Waals surface area (Å²) in [5, 5.41) is 2.60. The Hall–Kier alpha value is -1.34. The molecule has 0 fully saturated rings. The number of rotatable bonds is 1. The third-order valence-corrected chi connectivity index (χ3v) is 1.23. The molecule has 0 amide bonds. The first kappa shape index (κ1) is 9.75. The third-order valence-electron chi connectivity index (χ3n) is 1.23. The zero-order valence-electron chi connectivity index (χ0n) is 6.02. The van der Waals surface area contributed by atoms with Crippen LogP contribution in [0.5, 0.6) is 0 Å². The number of hydrogen-bond acceptors (Lipinski definition) is 2. The maximum atomic E-state index is 11.9. The van der Waals surface area contributed by atoms with Crippen molar-refractivity contribution in [3.05, 3.63) is 11.9 Å². The number of anilines is 1. The van der Waals surface area contributed by atoms with Crippen LogP contribution in [0.2, 0.25) is 0 Å². The van der Waals surface area contributed by atoms with Gasteiger partial charge < -0.3 is 5.73 Å². The number of halogens is 5. The zero-order valence-corrected chi connectivity index (χ0v) is 6.02. The summed E-state index contributed by atoms with van der Waals surface area (Å²) in [7, 11) is 0. The minimum absolute atomic E-state index is 0.141. The van der Waals surface area contributed by atoms with Gasteiger partial charge in [0.2, 0.25) is 0 Å². The summed E-state index contributed by atoms with van der Waals surface area (Å²) in [5.41, 5.74) is 2.52. The highest BCUT2D eigenvalue weighted by molar-refractivity contribution is 5.42. The average molecular weight is 201 g/mol. The molecule has 1 aromatic heterocycles. The van der Waals surface area contributed by atoms with Gasteiger partial charge in [0.05, 0.1) is 11.9 Å². The third kappa shape index (κ3) is 1.87. The van der Waals surface area contributed by atoms with Gasteiger partial charge in [0.15, 0.2) is 5.69 Å². The molecule has 0 radical (unpaired) electrons. The Morgan fingerprint density at radius 2 is 1.92 bits per heavy atom. The second-order valence-electron chi connectivity index (χ2n) is 2.19. The Morgan fingerprint density at radius 1 is 1.38 bits per heavy atom. The van der Waals surface area contributed by atoms with Crippen LogP contribution in [0.25, 0.3) is 0 Å². The van der Waals surface area contributed by atoms with Crippen molar-refractivity contribution in [1.82, 2.24) is 9.78 Å². The Bertz CT molecular complexity index is 302. The molecule has 3 nitrogen and oxygen atoms in total. The first-order valence-corrected chi connectivity index (χ1v) is 3.02. The van der Waals surface area contributed by atoms with Gasteiger partial charge in [0, 0.05) is 0 Å². The molecule has 0 atom stereocenters. The number of aromatic nitrogens is 2. The van der Waals surface area contributed by atoms with Crippen molar-refractivity contribution in [2.45, 2.75) is 12.7 Å². The topological polar surface area (TPSA) is 43.8 Å². The fourth-order valence-electron chi connectivity index (χ4n) is 0.726. The van der Waals surface area contributed by atoms with E-state index in [1.54, 1.807) is 0 Å². The molecule has 1 aromatic rings. The Labute approximate surface area is 68.9 Å². The lowest BCUT2D eigenvalue weighted by Crippen LogP contribution is -2.09. The van der Waals surface area contributed by atoms with Gasteiger partial charge in [-0.1, -0.05) is 0 Å². The van der Waals surface area contributed by atoms with E-state index in [4.69, 9.17) is 5.73 Å². The molecule has 0 unspecified atom stereocenters. The summed E-state index contributed by atoms with van der Waals surface area (Å²) in [5.74, 6) is 0. The van der Waals surface area contributed by atoms with Crippen molar-refractivity contribution < 1.29 is 22.0 Å². The average Bonchev–Trinajstić information content (AvgIpc) is 2.29. The molecule has 0 aromatic carbocycles. The number of nitrogens with zero attached hydrogens (tertiary/aromatic N) is 2. The van der Waals surface area contributed by atoms with Gasteiger partial charge in [-0.15, -0.1) is 0 Å². The van der Waals surface area contributed by atoms with E-state index in [0.29, 0.717) is 6.20 Å². The second-order valence-corrected chi connectivity index (χ2v) is 2.19. The maximum absolute atomic E-state index is 11.9. The summed E-state index contributed by atoms with van der Waals surface area (Å²) >= 11 is 0. The van der Waals surface area contributed by atoms with Gasteiger partial charge in [-0.3, -0.25) is 0 Å². The molecular weight excluding hydrogens is 197 g/mol. The smallest absolute Gasteiger partial charge is 0.396 e. The highest BCUT2D eigenvalue weighted by atomic mass is 19.4. The minimum atomic E-state index is -4.80. The van der Waals surface area contributed by atoms with Gasteiger partial charge in [0.1, 0.15) is 0 Å². The predicted molar refractivity (Wildman–Crippen MR) is 32.9 cm³/mol. The Morgan fingerprint density at radius 3 is 2.15 bits per heavy atom. The van der Waals surface area contributed by atoms with E-state index in [-0.39, 0.29) is 4.68 Å². The van der Waals surface area contributed by atoms with Gasteiger partial charge >= 0.3 is 12.7 Å². The van der Waals surface area contributed by atoms with E-state index in [1.165, 1.54) is 0 Å². The minimum Gasteiger partial charge on any atom is -0.396 e. The zero-order chi connectivity index (χ0) is 10.2. The molecule has 74 valence electrons. The monoisotopic (exact) mass is 201 g/mol. The summed E-state index contributed by atoms with van der Waals surface area (Å²) < 4.78 is 59.3. The molecule has 0 saturated heterocycles. The van der Waals surface area contributed by atoms with Crippen molar-refractivity contribution in [3.63, 3.8) is 0 Å². The predicted octanol–water partition coefficient (Wildman–Crippen LogP) is 1.88. The Balaban J connectivity index is 3.11. The summed E-state index contributed by atoms with van der Waals surface area (Å²) in [4.78, 5) is 0. The van der Waals surface area contributed by atoms with Crippen LogP contribution in [0.3, 0.4) is 0 Å². The van der Waals surface area contributed by atoms with Crippen LogP contribution in [0.15, 0.2) is 6.20 Å². The van der Waals surface area contributed by atoms with Crippen LogP contribution in [-0.4, -0.2) is 9.78 Å². The van der Waals surface area contributed by atoms with Crippen LogP contribution in [0, 0.1) is 0 Å². The van der Waals surface area contributed by atoms with Crippen LogP contribution < -0.4 is 5.73 Å². The van der Waals surface area contributed by atoms with Crippen molar-refractivity contribution in [2.24, 2.45) is 0 Å². The van der Waals surface area contributed by atoms with Gasteiger partial charge in [-0.25, -0.2) is 4.68 Å². The molecule has 8 heteroatoms. The van der Waals surface area contributed by atoms with Crippen LogP contribution in [0.4, 0.5) is 27.6 Å². The van der Waals surface area contributed by atoms with E-state index < -0.39 is 24.1 Å². The highest BCUT2D eigenvalue weighted by Crippen LogP contribution is 2.32. The highest BCUT2D eigenvalue weighted by Gasteiger charge is 2.37. The van der Waals surface area contributed by atoms with Crippen molar-refractivity contribution in [1.29, 1.82) is 0 Å². The molecule has 1 rings (SSSR count). The summed E-state index contributed by atoms with van der Waals surface area (Å²) in [6.45, 7) is -3.13. The number of nitrogen functional groups attached to an aromatic ring is 1. The molecule has 0 bridgehead atoms. The lowest BCUT2D eigenvalue weighted by molar-refractivity contribution is -0.141. The van der Waals surface area contributed by atoms with E-state index in [2.05, 4.69) is 5.10 Å². The molecule has 0 aliphatic heterocycles. The molecule has 0 spiro atoms. The van der Waals surface area contributed by atoms with Gasteiger partial charge in [-0.05, 0) is 0 Å². The lowest BCUT2D eigenvalue weighted by Gasteiger charge is -2.02. The van der Waals surface area contributed by atoms with E-state index >= 15 is 0 Å². The van der Waals surface area contributed by atoms with Crippen molar-refractivity contribution in [3.8, 4) is 0 Å². The number of nitrogens with two attached hydrogens (primary N) is 1. The van der Waals surface area contributed by atoms with Crippen LogP contribution in [0.1, 0.15) is 12.2 Å². The first-order valence-electron chi connectivity index (χ1n) is 3.02. The summed E-state index contributed by atoms with van der Waals surface area (Å²) in [6.07, 6.45) is -4.36. The molecule has 2 N–H and O–H groups in total. The maximum Gasteiger partial charge on any atom is 0.437 e. The molecule has 13 heavy (non-hydrogen) atoms. The van der Waals surface area contributed by atoms with Gasteiger partial charge in [-0.2, -0.15) is 27.1 Å². The van der Waals surface area contributed by atoms with E-state index in [1.807, 2.05) is 0 Å². The lowest BCUT2D eigenvalue weighted by atomic mass is 10.4. The van der Waals surface area contributed by atoms with Crippen LogP contribution >= 0.6 is 0 Å². The van der Waals surface area contributed by atoms with Gasteiger partial charge in [0.25, 0.3) is 0 Å². The molecule has 0 saturated carbocycles. The van der Waals surface area contributed by atoms with E-state index in [9.17, 15) is 22.0 Å². The normalized spacial score (nSPS) is 12.5. The fraction of sp³-hybridized carbons (Fsp3) is 0.400. The summed E-state index contributed by atoms with van der Waals surface area (Å²) in [6, 6.07) is 0. The standard InChI is InChI=1S/C5H4F5N3/c6-4(7)13-1-2(11)3(12-13)5(8,9)10/h1,4H,11H2. The van der Waals surface area contributed by atoms with E-state index in [0.717, 1.165) is 0 Å². The second kappa shape index (κ2) is 2.86. The largest absolute Gasteiger partial charge is 0.437 e. The molecule has 0 aliphatic rings. The fourth-order valence-corrected chi connectivity index (χ4v) is 0.726. The van der Waals surface area contributed by atoms with Crippen LogP contribution in [-0.2, 0) is 6.18 Å². The quantitative estimate of drug-likeness (QED) is 0.705. The number of hydrogen-bond donors (Lipinski definition) is 1. The Kier molecular flexibility index (Phi) is 2.14. The van der Waals surface area contributed by atoms with Crippen molar-refractivity contribution >= 4 is 5.69 Å². The molecule has 0 aliphatic carbocycles. The molecule has 1 heterocycles.